The van der Waals surface area contributed by atoms with E-state index in [1.165, 1.54) is 22.4 Å². The molecule has 100 valence electrons. The summed E-state index contributed by atoms with van der Waals surface area (Å²) in [5.74, 6) is 0.297. The highest BCUT2D eigenvalue weighted by Crippen LogP contribution is 2.35. The molecule has 0 bridgehead atoms. The van der Waals surface area contributed by atoms with Crippen molar-refractivity contribution in [3.8, 4) is 0 Å². The van der Waals surface area contributed by atoms with E-state index in [1.54, 1.807) is 11.3 Å². The highest BCUT2D eigenvalue weighted by molar-refractivity contribution is 9.10. The topological polar surface area (TPSA) is 20.2 Å². The summed E-state index contributed by atoms with van der Waals surface area (Å²) in [6.07, 6.45) is 3.93. The van der Waals surface area contributed by atoms with Crippen LogP contribution in [-0.2, 0) is 12.8 Å². The number of rotatable bonds is 3. The average molecular weight is 337 g/mol. The monoisotopic (exact) mass is 336 g/mol. The fraction of sp³-hybridized carbons (Fsp3) is 0.375. The Morgan fingerprint density at radius 2 is 2.21 bits per heavy atom. The van der Waals surface area contributed by atoms with Crippen molar-refractivity contribution in [3.05, 3.63) is 56.2 Å². The van der Waals surface area contributed by atoms with Gasteiger partial charge in [-0.3, -0.25) is 0 Å². The summed E-state index contributed by atoms with van der Waals surface area (Å²) in [6, 6.07) is 10.7. The number of hydrogen-bond donors (Lipinski definition) is 1. The number of hydrogen-bond acceptors (Lipinski definition) is 2. The highest BCUT2D eigenvalue weighted by atomic mass is 79.9. The van der Waals surface area contributed by atoms with Crippen LogP contribution < -0.4 is 0 Å². The Bertz CT molecular complexity index is 563. The Morgan fingerprint density at radius 1 is 1.37 bits per heavy atom. The van der Waals surface area contributed by atoms with Crippen LogP contribution in [0.2, 0.25) is 0 Å². The van der Waals surface area contributed by atoms with Gasteiger partial charge in [-0.15, -0.1) is 11.3 Å². The first-order chi connectivity index (χ1) is 9.24. The summed E-state index contributed by atoms with van der Waals surface area (Å²) in [7, 11) is 0. The van der Waals surface area contributed by atoms with Crippen LogP contribution in [-0.4, -0.2) is 11.2 Å². The molecule has 0 saturated carbocycles. The molecule has 1 heterocycles. The van der Waals surface area contributed by atoms with Crippen LogP contribution >= 0.6 is 27.3 Å². The molecular weight excluding hydrogens is 320 g/mol. The van der Waals surface area contributed by atoms with Crippen LogP contribution in [0, 0.1) is 0 Å². The van der Waals surface area contributed by atoms with Crippen molar-refractivity contribution in [1.29, 1.82) is 0 Å². The van der Waals surface area contributed by atoms with Crippen LogP contribution in [0.5, 0.6) is 0 Å². The number of halogens is 1. The molecule has 1 aromatic carbocycles. The third kappa shape index (κ3) is 2.93. The molecule has 1 aliphatic carbocycles. The fourth-order valence-corrected chi connectivity index (χ4v) is 4.50. The first kappa shape index (κ1) is 13.3. The molecule has 19 heavy (non-hydrogen) atoms. The molecule has 1 aromatic heterocycles. The van der Waals surface area contributed by atoms with E-state index in [2.05, 4.69) is 51.6 Å². The summed E-state index contributed by atoms with van der Waals surface area (Å²) in [6.45, 7) is 0. The number of thiophene rings is 1. The lowest BCUT2D eigenvalue weighted by Gasteiger charge is -2.29. The molecule has 0 aliphatic heterocycles. The molecule has 3 rings (SSSR count). The van der Waals surface area contributed by atoms with E-state index in [0.717, 1.165) is 23.7 Å². The molecular formula is C16H17BrOS. The van der Waals surface area contributed by atoms with Gasteiger partial charge in [0.15, 0.2) is 0 Å². The molecule has 0 spiro atoms. The third-order valence-corrected chi connectivity index (χ3v) is 5.63. The third-order valence-electron chi connectivity index (χ3n) is 3.91. The van der Waals surface area contributed by atoms with Gasteiger partial charge in [-0.2, -0.15) is 0 Å². The van der Waals surface area contributed by atoms with Crippen LogP contribution in [0.25, 0.3) is 0 Å². The van der Waals surface area contributed by atoms with Crippen molar-refractivity contribution in [2.24, 2.45) is 0 Å². The SMILES string of the molecule is OC(Cc1cc(Br)cs1)C1CCCc2ccccc21. The van der Waals surface area contributed by atoms with Crippen molar-refractivity contribution < 1.29 is 5.11 Å². The van der Waals surface area contributed by atoms with Gasteiger partial charge in [-0.25, -0.2) is 0 Å². The van der Waals surface area contributed by atoms with E-state index in [9.17, 15) is 5.11 Å². The van der Waals surface area contributed by atoms with Crippen molar-refractivity contribution in [3.63, 3.8) is 0 Å². The van der Waals surface area contributed by atoms with E-state index in [-0.39, 0.29) is 6.10 Å². The summed E-state index contributed by atoms with van der Waals surface area (Å²) < 4.78 is 1.11. The highest BCUT2D eigenvalue weighted by Gasteiger charge is 2.26. The number of fused-ring (bicyclic) bond motifs is 1. The predicted molar refractivity (Wildman–Crippen MR) is 83.9 cm³/mol. The number of aryl methyl sites for hydroxylation is 1. The average Bonchev–Trinajstić information content (AvgIpc) is 2.83. The molecule has 0 fully saturated rings. The second kappa shape index (κ2) is 5.78. The first-order valence-corrected chi connectivity index (χ1v) is 8.40. The summed E-state index contributed by atoms with van der Waals surface area (Å²) in [5, 5.41) is 12.7. The second-order valence-corrected chi connectivity index (χ2v) is 7.11. The zero-order chi connectivity index (χ0) is 13.2. The molecule has 1 nitrogen and oxygen atoms in total. The second-order valence-electron chi connectivity index (χ2n) is 5.20. The first-order valence-electron chi connectivity index (χ1n) is 6.73. The van der Waals surface area contributed by atoms with Gasteiger partial charge < -0.3 is 5.11 Å². The standard InChI is InChI=1S/C16H17BrOS/c17-12-8-13(19-10-12)9-16(18)15-7-3-5-11-4-1-2-6-14(11)15/h1-2,4,6,8,10,15-16,18H,3,5,7,9H2. The van der Waals surface area contributed by atoms with Gasteiger partial charge in [-0.1, -0.05) is 24.3 Å². The molecule has 1 N–H and O–H groups in total. The van der Waals surface area contributed by atoms with E-state index < -0.39 is 0 Å². The van der Waals surface area contributed by atoms with Crippen LogP contribution in [0.15, 0.2) is 40.2 Å². The normalized spacial score (nSPS) is 20.0. The van der Waals surface area contributed by atoms with E-state index >= 15 is 0 Å². The fourth-order valence-electron chi connectivity index (χ4n) is 3.00. The Balaban J connectivity index is 1.79. The number of aliphatic hydroxyl groups is 1. The summed E-state index contributed by atoms with van der Waals surface area (Å²) in [5.41, 5.74) is 2.78. The number of aliphatic hydroxyl groups excluding tert-OH is 1. The van der Waals surface area contributed by atoms with Crippen LogP contribution in [0.3, 0.4) is 0 Å². The lowest BCUT2D eigenvalue weighted by atomic mass is 9.79. The number of benzene rings is 1. The summed E-state index contributed by atoms with van der Waals surface area (Å²) >= 11 is 5.19. The maximum Gasteiger partial charge on any atom is 0.0656 e. The molecule has 2 atom stereocenters. The Labute approximate surface area is 126 Å². The van der Waals surface area contributed by atoms with Gasteiger partial charge in [0.2, 0.25) is 0 Å². The maximum atomic E-state index is 10.6. The molecule has 2 unspecified atom stereocenters. The molecule has 3 heteroatoms. The Kier molecular flexibility index (Phi) is 4.06. The van der Waals surface area contributed by atoms with Crippen molar-refractivity contribution in [2.45, 2.75) is 37.7 Å². The van der Waals surface area contributed by atoms with Crippen LogP contribution in [0.4, 0.5) is 0 Å². The van der Waals surface area contributed by atoms with Crippen molar-refractivity contribution in [2.75, 3.05) is 0 Å². The Morgan fingerprint density at radius 3 is 3.00 bits per heavy atom. The Hall–Kier alpha value is -0.640. The zero-order valence-corrected chi connectivity index (χ0v) is 13.1. The predicted octanol–water partition coefficient (Wildman–Crippen LogP) is 4.53. The lowest BCUT2D eigenvalue weighted by molar-refractivity contribution is 0.135. The van der Waals surface area contributed by atoms with E-state index in [1.807, 2.05) is 0 Å². The minimum absolute atomic E-state index is 0.271. The maximum absolute atomic E-state index is 10.6. The molecule has 2 aromatic rings. The zero-order valence-electron chi connectivity index (χ0n) is 10.7. The van der Waals surface area contributed by atoms with Crippen molar-refractivity contribution in [1.82, 2.24) is 0 Å². The summed E-state index contributed by atoms with van der Waals surface area (Å²) in [4.78, 5) is 1.25. The molecule has 0 amide bonds. The van der Waals surface area contributed by atoms with Gasteiger partial charge in [0, 0.05) is 27.1 Å². The largest absolute Gasteiger partial charge is 0.392 e. The van der Waals surface area contributed by atoms with Crippen molar-refractivity contribution >= 4 is 27.3 Å². The minimum Gasteiger partial charge on any atom is -0.392 e. The van der Waals surface area contributed by atoms with Crippen LogP contribution in [0.1, 0.15) is 34.8 Å². The molecule has 1 aliphatic rings. The molecule has 0 radical (unpaired) electrons. The van der Waals surface area contributed by atoms with Gasteiger partial charge in [0.1, 0.15) is 0 Å². The quantitative estimate of drug-likeness (QED) is 0.872. The lowest BCUT2D eigenvalue weighted by Crippen LogP contribution is -2.24. The molecule has 0 saturated heterocycles. The van der Waals surface area contributed by atoms with Gasteiger partial charge in [-0.05, 0) is 52.4 Å². The smallest absolute Gasteiger partial charge is 0.0656 e. The van der Waals surface area contributed by atoms with E-state index in [4.69, 9.17) is 0 Å². The van der Waals surface area contributed by atoms with E-state index in [0.29, 0.717) is 5.92 Å². The van der Waals surface area contributed by atoms with Gasteiger partial charge in [0.25, 0.3) is 0 Å². The van der Waals surface area contributed by atoms with Gasteiger partial charge >= 0.3 is 0 Å². The minimum atomic E-state index is -0.271. The van der Waals surface area contributed by atoms with Gasteiger partial charge in [0.05, 0.1) is 6.10 Å².